The summed E-state index contributed by atoms with van der Waals surface area (Å²) < 4.78 is 22.3. The average molecular weight is 457 g/mol. The maximum atomic E-state index is 10.6. The van der Waals surface area contributed by atoms with Gasteiger partial charge in [-0.3, -0.25) is 4.79 Å². The fraction of sp³-hybridized carbons (Fsp3) is 0.536. The van der Waals surface area contributed by atoms with Crippen LogP contribution in [-0.4, -0.2) is 45.9 Å². The van der Waals surface area contributed by atoms with E-state index in [0.29, 0.717) is 45.2 Å². The largest absolute Gasteiger partial charge is 0.491 e. The monoisotopic (exact) mass is 456 g/mol. The summed E-state index contributed by atoms with van der Waals surface area (Å²) in [5.74, 6) is 1.61. The number of benzene rings is 2. The Morgan fingerprint density at radius 2 is 1.09 bits per heavy atom. The molecule has 0 spiro atoms. The van der Waals surface area contributed by atoms with Crippen molar-refractivity contribution in [2.24, 2.45) is 0 Å². The van der Waals surface area contributed by atoms with Gasteiger partial charge in [-0.1, -0.05) is 57.6 Å². The van der Waals surface area contributed by atoms with Crippen molar-refractivity contribution in [3.8, 4) is 11.5 Å². The third-order valence-electron chi connectivity index (χ3n) is 5.37. The van der Waals surface area contributed by atoms with E-state index in [4.69, 9.17) is 18.9 Å². The van der Waals surface area contributed by atoms with Crippen LogP contribution in [0, 0.1) is 0 Å². The second-order valence-corrected chi connectivity index (χ2v) is 8.12. The highest BCUT2D eigenvalue weighted by molar-refractivity contribution is 5.74. The van der Waals surface area contributed by atoms with E-state index in [0.717, 1.165) is 24.2 Å². The molecule has 0 heterocycles. The van der Waals surface area contributed by atoms with E-state index in [1.54, 1.807) is 24.3 Å². The molecule has 0 saturated heterocycles. The zero-order chi connectivity index (χ0) is 23.4. The van der Waals surface area contributed by atoms with Gasteiger partial charge in [-0.05, 0) is 54.8 Å². The molecule has 2 aromatic carbocycles. The summed E-state index contributed by atoms with van der Waals surface area (Å²) in [4.78, 5) is 10.6. The Morgan fingerprint density at radius 3 is 1.64 bits per heavy atom. The molecule has 0 N–H and O–H groups in total. The lowest BCUT2D eigenvalue weighted by Gasteiger charge is -2.09. The van der Waals surface area contributed by atoms with E-state index in [1.165, 1.54) is 50.5 Å². The number of hydrogen-bond donors (Lipinski definition) is 0. The molecule has 0 aliphatic carbocycles. The molecule has 0 radical (unpaired) electrons. The number of unbranched alkanes of at least 4 members (excludes halogenated alkanes) is 6. The van der Waals surface area contributed by atoms with Gasteiger partial charge in [-0.2, -0.15) is 0 Å². The van der Waals surface area contributed by atoms with Gasteiger partial charge in [0.05, 0.1) is 26.4 Å². The normalized spacial score (nSPS) is 10.8. The van der Waals surface area contributed by atoms with Crippen molar-refractivity contribution < 1.29 is 23.7 Å². The molecule has 0 atom stereocenters. The molecule has 5 nitrogen and oxygen atoms in total. The summed E-state index contributed by atoms with van der Waals surface area (Å²) >= 11 is 0. The van der Waals surface area contributed by atoms with E-state index in [2.05, 4.69) is 19.1 Å². The second-order valence-electron chi connectivity index (χ2n) is 8.12. The quantitative estimate of drug-likeness (QED) is 0.173. The molecule has 0 aliphatic rings. The Bertz CT molecular complexity index is 727. The zero-order valence-corrected chi connectivity index (χ0v) is 20.1. The molecule has 2 aromatic rings. The molecule has 182 valence electrons. The van der Waals surface area contributed by atoms with Gasteiger partial charge in [0, 0.05) is 5.56 Å². The van der Waals surface area contributed by atoms with E-state index < -0.39 is 0 Å². The van der Waals surface area contributed by atoms with Gasteiger partial charge >= 0.3 is 0 Å². The van der Waals surface area contributed by atoms with Crippen molar-refractivity contribution in [2.45, 2.75) is 58.3 Å². The molecule has 0 bridgehead atoms. The maximum Gasteiger partial charge on any atom is 0.150 e. The van der Waals surface area contributed by atoms with Gasteiger partial charge in [-0.25, -0.2) is 0 Å². The first-order valence-electron chi connectivity index (χ1n) is 12.4. The Kier molecular flexibility index (Phi) is 14.7. The van der Waals surface area contributed by atoms with Gasteiger partial charge in [0.2, 0.25) is 0 Å². The lowest BCUT2D eigenvalue weighted by atomic mass is 10.0. The van der Waals surface area contributed by atoms with Crippen LogP contribution < -0.4 is 9.47 Å². The number of aryl methyl sites for hydroxylation is 1. The number of rotatable bonds is 20. The summed E-state index contributed by atoms with van der Waals surface area (Å²) in [5, 5.41) is 0. The SMILES string of the molecule is CCCCCCCCCc1ccc(OCCOCCOCCOc2ccc(C=O)cc2)cc1. The third-order valence-corrected chi connectivity index (χ3v) is 5.37. The third kappa shape index (κ3) is 13.1. The molecular weight excluding hydrogens is 416 g/mol. The Balaban J connectivity index is 1.40. The zero-order valence-electron chi connectivity index (χ0n) is 20.1. The van der Waals surface area contributed by atoms with Crippen LogP contribution in [-0.2, 0) is 15.9 Å². The lowest BCUT2D eigenvalue weighted by Crippen LogP contribution is -2.13. The minimum absolute atomic E-state index is 0.457. The number of hydrogen-bond acceptors (Lipinski definition) is 5. The van der Waals surface area contributed by atoms with Crippen LogP contribution in [0.5, 0.6) is 11.5 Å². The number of carbonyl (C=O) groups is 1. The minimum atomic E-state index is 0.457. The van der Waals surface area contributed by atoms with Gasteiger partial charge in [0.1, 0.15) is 31.0 Å². The smallest absolute Gasteiger partial charge is 0.150 e. The molecule has 0 saturated carbocycles. The molecule has 0 aliphatic heterocycles. The molecule has 0 aromatic heterocycles. The predicted molar refractivity (Wildman–Crippen MR) is 133 cm³/mol. The van der Waals surface area contributed by atoms with Crippen LogP contribution in [0.3, 0.4) is 0 Å². The second kappa shape index (κ2) is 18.1. The highest BCUT2D eigenvalue weighted by atomic mass is 16.6. The van der Waals surface area contributed by atoms with Crippen LogP contribution in [0.15, 0.2) is 48.5 Å². The van der Waals surface area contributed by atoms with Gasteiger partial charge < -0.3 is 18.9 Å². The molecular formula is C28H40O5. The van der Waals surface area contributed by atoms with E-state index in [9.17, 15) is 4.79 Å². The molecule has 33 heavy (non-hydrogen) atoms. The van der Waals surface area contributed by atoms with Crippen molar-refractivity contribution in [3.63, 3.8) is 0 Å². The Labute approximate surface area is 199 Å². The van der Waals surface area contributed by atoms with E-state index in [1.807, 2.05) is 12.1 Å². The first-order valence-corrected chi connectivity index (χ1v) is 12.4. The van der Waals surface area contributed by atoms with Crippen molar-refractivity contribution in [1.82, 2.24) is 0 Å². The fourth-order valence-electron chi connectivity index (χ4n) is 3.44. The Morgan fingerprint density at radius 1 is 0.606 bits per heavy atom. The first-order chi connectivity index (χ1) is 16.3. The van der Waals surface area contributed by atoms with Gasteiger partial charge in [0.25, 0.3) is 0 Å². The summed E-state index contributed by atoms with van der Waals surface area (Å²) in [6, 6.07) is 15.4. The lowest BCUT2D eigenvalue weighted by molar-refractivity contribution is 0.0273. The summed E-state index contributed by atoms with van der Waals surface area (Å²) in [6.07, 6.45) is 11.4. The number of ether oxygens (including phenoxy) is 4. The van der Waals surface area contributed by atoms with E-state index in [-0.39, 0.29) is 0 Å². The fourth-order valence-corrected chi connectivity index (χ4v) is 3.44. The molecule has 2 rings (SSSR count). The molecule has 0 amide bonds. The van der Waals surface area contributed by atoms with E-state index >= 15 is 0 Å². The topological polar surface area (TPSA) is 54.0 Å². The van der Waals surface area contributed by atoms with Crippen molar-refractivity contribution >= 4 is 6.29 Å². The Hall–Kier alpha value is -2.37. The molecule has 5 heteroatoms. The predicted octanol–water partition coefficient (Wildman–Crippen LogP) is 6.28. The minimum Gasteiger partial charge on any atom is -0.491 e. The van der Waals surface area contributed by atoms with Crippen molar-refractivity contribution in [3.05, 3.63) is 59.7 Å². The van der Waals surface area contributed by atoms with Gasteiger partial charge in [0.15, 0.2) is 0 Å². The first kappa shape index (κ1) is 26.9. The van der Waals surface area contributed by atoms with Crippen molar-refractivity contribution in [1.29, 1.82) is 0 Å². The maximum absolute atomic E-state index is 10.6. The van der Waals surface area contributed by atoms with Crippen LogP contribution in [0.4, 0.5) is 0 Å². The van der Waals surface area contributed by atoms with Crippen LogP contribution in [0.2, 0.25) is 0 Å². The highest BCUT2D eigenvalue weighted by Gasteiger charge is 1.99. The summed E-state index contributed by atoms with van der Waals surface area (Å²) in [5.41, 5.74) is 2.02. The van der Waals surface area contributed by atoms with Gasteiger partial charge in [-0.15, -0.1) is 0 Å². The molecule has 0 unspecified atom stereocenters. The molecule has 0 fully saturated rings. The number of aldehydes is 1. The standard InChI is InChI=1S/C28H40O5/c1-2-3-4-5-6-7-8-9-25-10-14-27(15-11-25)32-22-20-30-18-19-31-21-23-33-28-16-12-26(24-29)13-17-28/h10-17,24H,2-9,18-23H2,1H3. The summed E-state index contributed by atoms with van der Waals surface area (Å²) in [7, 11) is 0. The summed E-state index contributed by atoms with van der Waals surface area (Å²) in [6.45, 7) is 5.30. The van der Waals surface area contributed by atoms with Crippen LogP contribution in [0.25, 0.3) is 0 Å². The highest BCUT2D eigenvalue weighted by Crippen LogP contribution is 2.15. The number of carbonyl (C=O) groups excluding carboxylic acids is 1. The van der Waals surface area contributed by atoms with Crippen LogP contribution >= 0.6 is 0 Å². The van der Waals surface area contributed by atoms with Crippen molar-refractivity contribution in [2.75, 3.05) is 39.6 Å². The average Bonchev–Trinajstić information content (AvgIpc) is 2.86. The van der Waals surface area contributed by atoms with Crippen LogP contribution in [0.1, 0.15) is 67.8 Å².